The Kier molecular flexibility index (Phi) is 6.02. The molecule has 4 nitrogen and oxygen atoms in total. The fourth-order valence-corrected chi connectivity index (χ4v) is 2.99. The van der Waals surface area contributed by atoms with Crippen LogP contribution in [0.15, 0.2) is 55.0 Å². The number of benzene rings is 1. The SMILES string of the molecule is COCc1cc(Cc2cnccn2)nc(C[C@@H](C)c2ccc(F)cc2)c1. The Bertz CT molecular complexity index is 838. The van der Waals surface area contributed by atoms with Crippen LogP contribution in [0.3, 0.4) is 0 Å². The molecule has 26 heavy (non-hydrogen) atoms. The Labute approximate surface area is 153 Å². The van der Waals surface area contributed by atoms with Crippen molar-refractivity contribution < 1.29 is 9.13 Å². The highest BCUT2D eigenvalue weighted by Crippen LogP contribution is 2.21. The molecule has 0 aliphatic rings. The molecule has 3 aromatic rings. The van der Waals surface area contributed by atoms with Crippen LogP contribution in [0.1, 0.15) is 41.1 Å². The largest absolute Gasteiger partial charge is 0.380 e. The predicted octanol–water partition coefficient (Wildman–Crippen LogP) is 4.09. The van der Waals surface area contributed by atoms with Gasteiger partial charge >= 0.3 is 0 Å². The Morgan fingerprint density at radius 2 is 1.81 bits per heavy atom. The van der Waals surface area contributed by atoms with Gasteiger partial charge in [-0.1, -0.05) is 19.1 Å². The second kappa shape index (κ2) is 8.63. The van der Waals surface area contributed by atoms with E-state index >= 15 is 0 Å². The molecule has 0 aliphatic carbocycles. The zero-order chi connectivity index (χ0) is 18.4. The first-order valence-corrected chi connectivity index (χ1v) is 8.62. The minimum atomic E-state index is -0.215. The molecule has 2 aromatic heterocycles. The maximum Gasteiger partial charge on any atom is 0.123 e. The van der Waals surface area contributed by atoms with Crippen molar-refractivity contribution in [3.8, 4) is 0 Å². The van der Waals surface area contributed by atoms with E-state index in [9.17, 15) is 4.39 Å². The van der Waals surface area contributed by atoms with E-state index in [0.29, 0.717) is 13.0 Å². The van der Waals surface area contributed by atoms with E-state index < -0.39 is 0 Å². The van der Waals surface area contributed by atoms with Crippen LogP contribution in [-0.2, 0) is 24.2 Å². The van der Waals surface area contributed by atoms with Crippen molar-refractivity contribution >= 4 is 0 Å². The average Bonchev–Trinajstić information content (AvgIpc) is 2.63. The molecular weight excluding hydrogens is 329 g/mol. The minimum Gasteiger partial charge on any atom is -0.380 e. The van der Waals surface area contributed by atoms with Gasteiger partial charge in [-0.15, -0.1) is 0 Å². The zero-order valence-corrected chi connectivity index (χ0v) is 15.0. The first-order valence-electron chi connectivity index (χ1n) is 8.62. The van der Waals surface area contributed by atoms with Gasteiger partial charge in [0, 0.05) is 43.5 Å². The number of nitrogens with zero attached hydrogens (tertiary/aromatic N) is 3. The highest BCUT2D eigenvalue weighted by Gasteiger charge is 2.11. The molecule has 5 heteroatoms. The predicted molar refractivity (Wildman–Crippen MR) is 98.3 cm³/mol. The van der Waals surface area contributed by atoms with E-state index in [-0.39, 0.29) is 11.7 Å². The van der Waals surface area contributed by atoms with E-state index in [1.807, 2.05) is 18.2 Å². The Balaban J connectivity index is 1.82. The van der Waals surface area contributed by atoms with Crippen molar-refractivity contribution in [3.05, 3.63) is 89.0 Å². The van der Waals surface area contributed by atoms with Gasteiger partial charge in [0.1, 0.15) is 5.82 Å². The zero-order valence-electron chi connectivity index (χ0n) is 15.0. The van der Waals surface area contributed by atoms with Gasteiger partial charge in [0.2, 0.25) is 0 Å². The summed E-state index contributed by atoms with van der Waals surface area (Å²) in [5.74, 6) is 0.0256. The molecule has 0 bridgehead atoms. The Hall–Kier alpha value is -2.66. The fraction of sp³-hybridized carbons (Fsp3) is 0.286. The molecule has 3 rings (SSSR count). The van der Waals surface area contributed by atoms with Crippen LogP contribution in [-0.4, -0.2) is 22.1 Å². The van der Waals surface area contributed by atoms with Gasteiger partial charge in [-0.2, -0.15) is 0 Å². The summed E-state index contributed by atoms with van der Waals surface area (Å²) in [5, 5.41) is 0. The summed E-state index contributed by atoms with van der Waals surface area (Å²) in [4.78, 5) is 13.2. The second-order valence-electron chi connectivity index (χ2n) is 6.42. The summed E-state index contributed by atoms with van der Waals surface area (Å²) in [6, 6.07) is 10.8. The molecule has 0 spiro atoms. The Morgan fingerprint density at radius 1 is 1.04 bits per heavy atom. The molecular formula is C21H22FN3O. The van der Waals surface area contributed by atoms with Gasteiger partial charge in [-0.05, 0) is 47.7 Å². The van der Waals surface area contributed by atoms with Gasteiger partial charge < -0.3 is 4.74 Å². The number of pyridine rings is 1. The molecule has 0 saturated heterocycles. The van der Waals surface area contributed by atoms with Gasteiger partial charge in [-0.25, -0.2) is 4.39 Å². The van der Waals surface area contributed by atoms with Gasteiger partial charge in [0.15, 0.2) is 0 Å². The van der Waals surface area contributed by atoms with Crippen LogP contribution in [0, 0.1) is 5.82 Å². The van der Waals surface area contributed by atoms with Crippen LogP contribution in [0.5, 0.6) is 0 Å². The van der Waals surface area contributed by atoms with Crippen molar-refractivity contribution in [2.75, 3.05) is 7.11 Å². The van der Waals surface area contributed by atoms with Crippen LogP contribution in [0.2, 0.25) is 0 Å². The summed E-state index contributed by atoms with van der Waals surface area (Å²) in [7, 11) is 1.68. The molecule has 0 amide bonds. The molecule has 2 heterocycles. The lowest BCUT2D eigenvalue weighted by molar-refractivity contribution is 0.184. The molecule has 0 unspecified atom stereocenters. The van der Waals surface area contributed by atoms with Crippen LogP contribution >= 0.6 is 0 Å². The maximum absolute atomic E-state index is 13.1. The standard InChI is InChI=1S/C21H22FN3O/c1-15(17-3-5-18(22)6-4-17)9-19-10-16(14-26-2)11-20(25-19)12-21-13-23-7-8-24-21/h3-8,10-11,13,15H,9,12,14H2,1-2H3/t15-/m1/s1. The normalized spacial score (nSPS) is 12.1. The smallest absolute Gasteiger partial charge is 0.123 e. The van der Waals surface area contributed by atoms with E-state index in [4.69, 9.17) is 9.72 Å². The number of aromatic nitrogens is 3. The molecule has 1 aromatic carbocycles. The molecule has 0 aliphatic heterocycles. The topological polar surface area (TPSA) is 47.9 Å². The summed E-state index contributed by atoms with van der Waals surface area (Å²) in [6.45, 7) is 2.66. The summed E-state index contributed by atoms with van der Waals surface area (Å²) in [5.41, 5.74) is 5.01. The third-order valence-electron chi connectivity index (χ3n) is 4.24. The minimum absolute atomic E-state index is 0.215. The lowest BCUT2D eigenvalue weighted by atomic mass is 9.95. The van der Waals surface area contributed by atoms with Crippen molar-refractivity contribution in [2.45, 2.75) is 32.3 Å². The van der Waals surface area contributed by atoms with Crippen molar-refractivity contribution in [1.82, 2.24) is 15.0 Å². The van der Waals surface area contributed by atoms with Gasteiger partial charge in [0.25, 0.3) is 0 Å². The average molecular weight is 351 g/mol. The number of ether oxygens (including phenoxy) is 1. The third-order valence-corrected chi connectivity index (χ3v) is 4.24. The van der Waals surface area contributed by atoms with Crippen molar-refractivity contribution in [1.29, 1.82) is 0 Å². The van der Waals surface area contributed by atoms with Gasteiger partial charge in [-0.3, -0.25) is 15.0 Å². The molecule has 0 radical (unpaired) electrons. The van der Waals surface area contributed by atoms with Crippen molar-refractivity contribution in [3.63, 3.8) is 0 Å². The number of methoxy groups -OCH3 is 1. The maximum atomic E-state index is 13.1. The van der Waals surface area contributed by atoms with E-state index in [2.05, 4.69) is 23.0 Å². The van der Waals surface area contributed by atoms with E-state index in [0.717, 1.165) is 34.6 Å². The highest BCUT2D eigenvalue weighted by atomic mass is 19.1. The highest BCUT2D eigenvalue weighted by molar-refractivity contribution is 5.27. The van der Waals surface area contributed by atoms with Crippen LogP contribution in [0.4, 0.5) is 4.39 Å². The molecule has 0 saturated carbocycles. The summed E-state index contributed by atoms with van der Waals surface area (Å²) >= 11 is 0. The monoisotopic (exact) mass is 351 g/mol. The fourth-order valence-electron chi connectivity index (χ4n) is 2.99. The quantitative estimate of drug-likeness (QED) is 0.643. The number of rotatable bonds is 7. The van der Waals surface area contributed by atoms with E-state index in [1.165, 1.54) is 12.1 Å². The summed E-state index contributed by atoms with van der Waals surface area (Å²) < 4.78 is 18.4. The number of hydrogen-bond acceptors (Lipinski definition) is 4. The van der Waals surface area contributed by atoms with Crippen LogP contribution < -0.4 is 0 Å². The lowest BCUT2D eigenvalue weighted by Crippen LogP contribution is -2.05. The molecule has 0 fully saturated rings. The molecule has 134 valence electrons. The first kappa shape index (κ1) is 18.1. The Morgan fingerprint density at radius 3 is 2.50 bits per heavy atom. The first-order chi connectivity index (χ1) is 12.6. The molecule has 1 atom stereocenters. The van der Waals surface area contributed by atoms with Crippen molar-refractivity contribution in [2.24, 2.45) is 0 Å². The van der Waals surface area contributed by atoms with E-state index in [1.54, 1.807) is 25.7 Å². The number of hydrogen-bond donors (Lipinski definition) is 0. The van der Waals surface area contributed by atoms with Crippen LogP contribution in [0.25, 0.3) is 0 Å². The number of halogens is 1. The van der Waals surface area contributed by atoms with Gasteiger partial charge in [0.05, 0.1) is 12.3 Å². The summed E-state index contributed by atoms with van der Waals surface area (Å²) in [6.07, 6.45) is 6.51. The lowest BCUT2D eigenvalue weighted by Gasteiger charge is -2.14. The third kappa shape index (κ3) is 4.92. The molecule has 0 N–H and O–H groups in total. The second-order valence-corrected chi connectivity index (χ2v) is 6.42.